The van der Waals surface area contributed by atoms with Crippen LogP contribution in [0.1, 0.15) is 0 Å². The normalized spacial score (nSPS) is 11.3. The van der Waals surface area contributed by atoms with Crippen LogP contribution < -0.4 is 4.90 Å². The van der Waals surface area contributed by atoms with Gasteiger partial charge in [0.2, 0.25) is 0 Å². The van der Waals surface area contributed by atoms with Crippen LogP contribution in [0.25, 0.3) is 55.7 Å². The number of aromatic amines is 2. The van der Waals surface area contributed by atoms with E-state index in [4.69, 9.17) is 4.98 Å². The van der Waals surface area contributed by atoms with Crippen LogP contribution >= 0.6 is 0 Å². The van der Waals surface area contributed by atoms with Gasteiger partial charge in [0, 0.05) is 49.2 Å². The van der Waals surface area contributed by atoms with E-state index in [1.165, 1.54) is 0 Å². The topological polar surface area (TPSA) is 86.4 Å². The largest absolute Gasteiger partial charge is 0.376 e. The molecule has 0 radical (unpaired) electrons. The van der Waals surface area contributed by atoms with Crippen molar-refractivity contribution < 1.29 is 0 Å². The van der Waals surface area contributed by atoms with Gasteiger partial charge in [0.25, 0.3) is 0 Å². The molecule has 0 saturated carbocycles. The van der Waals surface area contributed by atoms with Gasteiger partial charge in [-0.15, -0.1) is 0 Å². The molecule has 0 amide bonds. The molecule has 0 aliphatic carbocycles. The molecular formula is C26H21N7. The number of pyridine rings is 2. The SMILES string of the molecule is CN(C)c1cncc(-c2ccc3[nH]nc(-c4nc5c(-c6ccncc6)cccc5[nH]4)c3c2)c1. The number of para-hydroxylation sites is 1. The molecule has 0 saturated heterocycles. The summed E-state index contributed by atoms with van der Waals surface area (Å²) in [5.41, 5.74) is 8.96. The van der Waals surface area contributed by atoms with Gasteiger partial charge in [0.1, 0.15) is 5.69 Å². The molecule has 6 aromatic rings. The number of hydrogen-bond donors (Lipinski definition) is 2. The Morgan fingerprint density at radius 2 is 1.67 bits per heavy atom. The van der Waals surface area contributed by atoms with Crippen molar-refractivity contribution in [2.75, 3.05) is 19.0 Å². The van der Waals surface area contributed by atoms with Crippen molar-refractivity contribution in [2.45, 2.75) is 0 Å². The van der Waals surface area contributed by atoms with Crippen molar-refractivity contribution in [1.29, 1.82) is 0 Å². The molecule has 2 aromatic carbocycles. The maximum Gasteiger partial charge on any atom is 0.159 e. The second kappa shape index (κ2) is 7.56. The Balaban J connectivity index is 1.48. The van der Waals surface area contributed by atoms with Crippen LogP contribution in [0.4, 0.5) is 5.69 Å². The van der Waals surface area contributed by atoms with Gasteiger partial charge in [-0.2, -0.15) is 5.10 Å². The fourth-order valence-electron chi connectivity index (χ4n) is 4.11. The monoisotopic (exact) mass is 431 g/mol. The molecule has 7 heteroatoms. The first-order valence-electron chi connectivity index (χ1n) is 10.7. The fourth-order valence-corrected chi connectivity index (χ4v) is 4.11. The van der Waals surface area contributed by atoms with E-state index in [0.29, 0.717) is 0 Å². The molecule has 0 fully saturated rings. The summed E-state index contributed by atoms with van der Waals surface area (Å²) in [5.74, 6) is 0.732. The van der Waals surface area contributed by atoms with Crippen LogP contribution in [0.2, 0.25) is 0 Å². The maximum atomic E-state index is 4.94. The van der Waals surface area contributed by atoms with Gasteiger partial charge in [-0.25, -0.2) is 4.98 Å². The minimum absolute atomic E-state index is 0.732. The minimum atomic E-state index is 0.732. The van der Waals surface area contributed by atoms with E-state index in [2.05, 4.69) is 55.5 Å². The van der Waals surface area contributed by atoms with Gasteiger partial charge in [-0.05, 0) is 47.5 Å². The highest BCUT2D eigenvalue weighted by Crippen LogP contribution is 2.33. The first kappa shape index (κ1) is 19.2. The quantitative estimate of drug-likeness (QED) is 0.396. The molecule has 0 aliphatic heterocycles. The summed E-state index contributed by atoms with van der Waals surface area (Å²) in [5, 5.41) is 8.74. The average Bonchev–Trinajstić information content (AvgIpc) is 3.48. The third kappa shape index (κ3) is 3.30. The lowest BCUT2D eigenvalue weighted by molar-refractivity contribution is 1.11. The predicted molar refractivity (Wildman–Crippen MR) is 132 cm³/mol. The van der Waals surface area contributed by atoms with E-state index in [1.807, 2.05) is 55.7 Å². The van der Waals surface area contributed by atoms with Crippen molar-refractivity contribution in [2.24, 2.45) is 0 Å². The summed E-state index contributed by atoms with van der Waals surface area (Å²) in [6.07, 6.45) is 7.34. The Morgan fingerprint density at radius 3 is 2.52 bits per heavy atom. The molecule has 4 aromatic heterocycles. The van der Waals surface area contributed by atoms with Gasteiger partial charge < -0.3 is 9.88 Å². The minimum Gasteiger partial charge on any atom is -0.376 e. The van der Waals surface area contributed by atoms with Gasteiger partial charge in [-0.1, -0.05) is 18.2 Å². The molecule has 33 heavy (non-hydrogen) atoms. The number of nitrogens with zero attached hydrogens (tertiary/aromatic N) is 5. The zero-order valence-corrected chi connectivity index (χ0v) is 18.2. The Bertz CT molecular complexity index is 1600. The zero-order chi connectivity index (χ0) is 22.4. The van der Waals surface area contributed by atoms with Crippen molar-refractivity contribution >= 4 is 27.6 Å². The zero-order valence-electron chi connectivity index (χ0n) is 18.2. The smallest absolute Gasteiger partial charge is 0.159 e. The lowest BCUT2D eigenvalue weighted by atomic mass is 10.0. The fraction of sp³-hybridized carbons (Fsp3) is 0.0769. The van der Waals surface area contributed by atoms with E-state index >= 15 is 0 Å². The summed E-state index contributed by atoms with van der Waals surface area (Å²) in [6.45, 7) is 0. The number of H-pyrrole nitrogens is 2. The maximum absolute atomic E-state index is 4.94. The predicted octanol–water partition coefficient (Wildman–Crippen LogP) is 5.30. The van der Waals surface area contributed by atoms with Crippen LogP contribution in [0.5, 0.6) is 0 Å². The number of imidazole rings is 1. The van der Waals surface area contributed by atoms with Crippen molar-refractivity contribution in [3.63, 3.8) is 0 Å². The number of benzene rings is 2. The molecular weight excluding hydrogens is 410 g/mol. The summed E-state index contributed by atoms with van der Waals surface area (Å²) in [4.78, 5) is 19.0. The second-order valence-corrected chi connectivity index (χ2v) is 8.18. The molecule has 0 bridgehead atoms. The van der Waals surface area contributed by atoms with Gasteiger partial charge in [0.05, 0.1) is 28.4 Å². The molecule has 6 rings (SSSR count). The summed E-state index contributed by atoms with van der Waals surface area (Å²) in [6, 6.07) is 18.5. The highest BCUT2D eigenvalue weighted by Gasteiger charge is 2.16. The lowest BCUT2D eigenvalue weighted by Gasteiger charge is -2.13. The molecule has 0 spiro atoms. The first-order chi connectivity index (χ1) is 16.2. The third-order valence-corrected chi connectivity index (χ3v) is 5.86. The van der Waals surface area contributed by atoms with Crippen molar-refractivity contribution in [1.82, 2.24) is 30.1 Å². The Morgan fingerprint density at radius 1 is 0.788 bits per heavy atom. The van der Waals surface area contributed by atoms with Crippen LogP contribution in [0, 0.1) is 0 Å². The molecule has 0 unspecified atom stereocenters. The molecule has 0 aliphatic rings. The number of fused-ring (bicyclic) bond motifs is 2. The lowest BCUT2D eigenvalue weighted by Crippen LogP contribution is -2.08. The number of nitrogens with one attached hydrogen (secondary N) is 2. The molecule has 4 heterocycles. The first-order valence-corrected chi connectivity index (χ1v) is 10.7. The van der Waals surface area contributed by atoms with E-state index < -0.39 is 0 Å². The Labute approximate surface area is 190 Å². The summed E-state index contributed by atoms with van der Waals surface area (Å²) < 4.78 is 0. The Kier molecular flexibility index (Phi) is 4.40. The van der Waals surface area contributed by atoms with Crippen molar-refractivity contribution in [3.8, 4) is 33.8 Å². The van der Waals surface area contributed by atoms with Crippen molar-refractivity contribution in [3.05, 3.63) is 79.4 Å². The molecule has 160 valence electrons. The number of anilines is 1. The van der Waals surface area contributed by atoms with E-state index in [9.17, 15) is 0 Å². The van der Waals surface area contributed by atoms with E-state index in [0.717, 1.165) is 61.4 Å². The van der Waals surface area contributed by atoms with Gasteiger partial charge in [-0.3, -0.25) is 15.1 Å². The van der Waals surface area contributed by atoms with Crippen LogP contribution in [-0.2, 0) is 0 Å². The number of rotatable bonds is 4. The molecule has 0 atom stereocenters. The second-order valence-electron chi connectivity index (χ2n) is 8.18. The van der Waals surface area contributed by atoms with Gasteiger partial charge in [0.15, 0.2) is 5.82 Å². The summed E-state index contributed by atoms with van der Waals surface area (Å²) >= 11 is 0. The highest BCUT2D eigenvalue weighted by molar-refractivity contribution is 5.98. The number of hydrogen-bond acceptors (Lipinski definition) is 5. The van der Waals surface area contributed by atoms with E-state index in [-0.39, 0.29) is 0 Å². The highest BCUT2D eigenvalue weighted by atomic mass is 15.1. The number of aromatic nitrogens is 6. The summed E-state index contributed by atoms with van der Waals surface area (Å²) in [7, 11) is 4.03. The third-order valence-electron chi connectivity index (χ3n) is 5.86. The average molecular weight is 432 g/mol. The molecule has 7 nitrogen and oxygen atoms in total. The molecule has 2 N–H and O–H groups in total. The van der Waals surface area contributed by atoms with Crippen LogP contribution in [0.3, 0.4) is 0 Å². The van der Waals surface area contributed by atoms with Crippen LogP contribution in [0.15, 0.2) is 79.4 Å². The Hall–Kier alpha value is -4.52. The van der Waals surface area contributed by atoms with Gasteiger partial charge >= 0.3 is 0 Å². The van der Waals surface area contributed by atoms with Crippen LogP contribution in [-0.4, -0.2) is 44.2 Å². The standard InChI is InChI=1S/C26H21N7/c1-33(2)19-12-18(14-28-15-19)17-6-7-22-21(13-17)25(32-31-22)26-29-23-5-3-4-20(24(23)30-26)16-8-10-27-11-9-16/h3-15H,1-2H3,(H,29,30)(H,31,32). The van der Waals surface area contributed by atoms with E-state index in [1.54, 1.807) is 12.4 Å².